The first kappa shape index (κ1) is 16.8. The molecule has 0 aromatic carbocycles. The highest BCUT2D eigenvalue weighted by molar-refractivity contribution is 7.99. The second-order valence-electron chi connectivity index (χ2n) is 4.75. The lowest BCUT2D eigenvalue weighted by molar-refractivity contribution is -0.138. The Balaban J connectivity index is 4.22. The van der Waals surface area contributed by atoms with Gasteiger partial charge < -0.3 is 15.3 Å². The van der Waals surface area contributed by atoms with Crippen LogP contribution in [0.25, 0.3) is 0 Å². The van der Waals surface area contributed by atoms with Crippen molar-refractivity contribution in [2.45, 2.75) is 26.3 Å². The maximum Gasteiger partial charge on any atom is 0.323 e. The van der Waals surface area contributed by atoms with E-state index in [-0.39, 0.29) is 12.6 Å². The van der Waals surface area contributed by atoms with Gasteiger partial charge in [0.05, 0.1) is 0 Å². The number of nitrogens with zero attached hydrogens (tertiary/aromatic N) is 1. The second-order valence-corrected chi connectivity index (χ2v) is 5.90. The molecule has 5 nitrogen and oxygen atoms in total. The molecule has 2 amide bonds. The fourth-order valence-electron chi connectivity index (χ4n) is 1.24. The van der Waals surface area contributed by atoms with Crippen molar-refractivity contribution in [3.05, 3.63) is 12.7 Å². The van der Waals surface area contributed by atoms with Crippen LogP contribution < -0.4 is 5.32 Å². The monoisotopic (exact) mass is 274 g/mol. The van der Waals surface area contributed by atoms with Gasteiger partial charge in [-0.25, -0.2) is 4.79 Å². The quantitative estimate of drug-likeness (QED) is 0.548. The summed E-state index contributed by atoms with van der Waals surface area (Å²) in [4.78, 5) is 23.9. The molecule has 104 valence electrons. The Morgan fingerprint density at radius 1 is 1.44 bits per heavy atom. The molecule has 0 bridgehead atoms. The Morgan fingerprint density at radius 3 is 2.50 bits per heavy atom. The van der Waals surface area contributed by atoms with E-state index in [1.807, 2.05) is 20.8 Å². The van der Waals surface area contributed by atoms with Crippen molar-refractivity contribution in [2.75, 3.05) is 24.6 Å². The van der Waals surface area contributed by atoms with Crippen LogP contribution in [0.3, 0.4) is 0 Å². The van der Waals surface area contributed by atoms with Gasteiger partial charge in [0.25, 0.3) is 0 Å². The first-order valence-electron chi connectivity index (χ1n) is 5.75. The van der Waals surface area contributed by atoms with Crippen LogP contribution in [0, 0.1) is 0 Å². The zero-order valence-electron chi connectivity index (χ0n) is 11.2. The summed E-state index contributed by atoms with van der Waals surface area (Å²) in [7, 11) is 0. The summed E-state index contributed by atoms with van der Waals surface area (Å²) in [5, 5.41) is 11.5. The van der Waals surface area contributed by atoms with E-state index in [1.54, 1.807) is 17.8 Å². The highest BCUT2D eigenvalue weighted by atomic mass is 32.2. The van der Waals surface area contributed by atoms with E-state index in [2.05, 4.69) is 11.9 Å². The minimum Gasteiger partial charge on any atom is -0.480 e. The van der Waals surface area contributed by atoms with Gasteiger partial charge in [-0.2, -0.15) is 11.8 Å². The van der Waals surface area contributed by atoms with Crippen molar-refractivity contribution in [3.63, 3.8) is 0 Å². The van der Waals surface area contributed by atoms with Crippen LogP contribution in [-0.4, -0.2) is 52.1 Å². The van der Waals surface area contributed by atoms with Crippen molar-refractivity contribution in [1.82, 2.24) is 10.2 Å². The number of carbonyl (C=O) groups excluding carboxylic acids is 1. The number of amides is 2. The maximum atomic E-state index is 11.9. The molecular formula is C12H22N2O3S. The SMILES string of the molecule is C=CCSCCNC(=O)N(CC(=O)O)C(C)(C)C. The molecule has 0 atom stereocenters. The van der Waals surface area contributed by atoms with Gasteiger partial charge >= 0.3 is 12.0 Å². The fraction of sp³-hybridized carbons (Fsp3) is 0.667. The molecule has 0 radical (unpaired) electrons. The Labute approximate surface area is 113 Å². The molecule has 0 saturated heterocycles. The third kappa shape index (κ3) is 7.21. The normalized spacial score (nSPS) is 10.8. The molecule has 6 heteroatoms. The van der Waals surface area contributed by atoms with Gasteiger partial charge in [-0.05, 0) is 20.8 Å². The number of nitrogens with one attached hydrogen (secondary N) is 1. The van der Waals surface area contributed by atoms with Crippen LogP contribution >= 0.6 is 11.8 Å². The first-order valence-corrected chi connectivity index (χ1v) is 6.90. The van der Waals surface area contributed by atoms with Crippen LogP contribution in [-0.2, 0) is 4.79 Å². The molecule has 18 heavy (non-hydrogen) atoms. The number of carbonyl (C=O) groups is 2. The third-order valence-electron chi connectivity index (χ3n) is 2.11. The molecule has 0 saturated carbocycles. The van der Waals surface area contributed by atoms with Crippen molar-refractivity contribution in [1.29, 1.82) is 0 Å². The van der Waals surface area contributed by atoms with E-state index in [0.717, 1.165) is 11.5 Å². The number of hydrogen-bond donors (Lipinski definition) is 2. The van der Waals surface area contributed by atoms with Crippen molar-refractivity contribution < 1.29 is 14.7 Å². The third-order valence-corrected chi connectivity index (χ3v) is 3.07. The number of hydrogen-bond acceptors (Lipinski definition) is 3. The fourth-order valence-corrected chi connectivity index (χ4v) is 1.82. The van der Waals surface area contributed by atoms with E-state index in [0.29, 0.717) is 6.54 Å². The molecule has 2 N–H and O–H groups in total. The van der Waals surface area contributed by atoms with Gasteiger partial charge in [0.15, 0.2) is 0 Å². The minimum atomic E-state index is -1.01. The van der Waals surface area contributed by atoms with E-state index < -0.39 is 11.5 Å². The van der Waals surface area contributed by atoms with Gasteiger partial charge in [-0.1, -0.05) is 6.08 Å². The number of urea groups is 1. The molecule has 0 heterocycles. The average Bonchev–Trinajstić information content (AvgIpc) is 2.23. The molecule has 0 aliphatic heterocycles. The Bertz CT molecular complexity index is 300. The number of carboxylic acids is 1. The van der Waals surface area contributed by atoms with Crippen LogP contribution in [0.1, 0.15) is 20.8 Å². The molecule has 0 aliphatic carbocycles. The maximum absolute atomic E-state index is 11.9. The molecule has 0 fully saturated rings. The van der Waals surface area contributed by atoms with Crippen LogP contribution in [0.5, 0.6) is 0 Å². The number of carboxylic acid groups (broad SMARTS) is 1. The van der Waals surface area contributed by atoms with Gasteiger partial charge in [0.1, 0.15) is 6.54 Å². The van der Waals surface area contributed by atoms with Crippen molar-refractivity contribution in [2.24, 2.45) is 0 Å². The van der Waals surface area contributed by atoms with Crippen LogP contribution in [0.4, 0.5) is 4.79 Å². The van der Waals surface area contributed by atoms with Crippen LogP contribution in [0.15, 0.2) is 12.7 Å². The highest BCUT2D eigenvalue weighted by Gasteiger charge is 2.27. The van der Waals surface area contributed by atoms with E-state index in [4.69, 9.17) is 5.11 Å². The van der Waals surface area contributed by atoms with E-state index >= 15 is 0 Å². The summed E-state index contributed by atoms with van der Waals surface area (Å²) in [6.45, 7) is 9.25. The molecule has 0 rings (SSSR count). The molecule has 0 aromatic rings. The van der Waals surface area contributed by atoms with Crippen LogP contribution in [0.2, 0.25) is 0 Å². The molecule has 0 spiro atoms. The van der Waals surface area contributed by atoms with Crippen molar-refractivity contribution in [3.8, 4) is 0 Å². The number of thioether (sulfide) groups is 1. The van der Waals surface area contributed by atoms with E-state index in [9.17, 15) is 9.59 Å². The molecule has 0 aliphatic rings. The highest BCUT2D eigenvalue weighted by Crippen LogP contribution is 2.12. The zero-order valence-corrected chi connectivity index (χ0v) is 12.0. The van der Waals surface area contributed by atoms with Gasteiger partial charge in [0, 0.05) is 23.6 Å². The summed E-state index contributed by atoms with van der Waals surface area (Å²) in [6.07, 6.45) is 1.80. The van der Waals surface area contributed by atoms with Crippen molar-refractivity contribution >= 4 is 23.8 Å². The lowest BCUT2D eigenvalue weighted by Crippen LogP contribution is -2.52. The predicted octanol–water partition coefficient (Wildman–Crippen LogP) is 1.80. The standard InChI is InChI=1S/C12H22N2O3S/c1-5-7-18-8-6-13-11(17)14(9-10(15)16)12(2,3)4/h5H,1,6-9H2,2-4H3,(H,13,17)(H,15,16). The summed E-state index contributed by atoms with van der Waals surface area (Å²) in [5.41, 5.74) is -0.517. The second kappa shape index (κ2) is 8.02. The topological polar surface area (TPSA) is 69.6 Å². The molecule has 0 aromatic heterocycles. The average molecular weight is 274 g/mol. The van der Waals surface area contributed by atoms with E-state index in [1.165, 1.54) is 4.90 Å². The summed E-state index contributed by atoms with van der Waals surface area (Å²) in [5.74, 6) is 0.609. The largest absolute Gasteiger partial charge is 0.480 e. The zero-order chi connectivity index (χ0) is 14.2. The first-order chi connectivity index (χ1) is 8.29. The Morgan fingerprint density at radius 2 is 2.06 bits per heavy atom. The summed E-state index contributed by atoms with van der Waals surface area (Å²) in [6, 6.07) is -0.343. The lowest BCUT2D eigenvalue weighted by atomic mass is 10.1. The summed E-state index contributed by atoms with van der Waals surface area (Å²) < 4.78 is 0. The number of aliphatic carboxylic acids is 1. The minimum absolute atomic E-state index is 0.296. The lowest BCUT2D eigenvalue weighted by Gasteiger charge is -2.34. The summed E-state index contributed by atoms with van der Waals surface area (Å²) >= 11 is 1.66. The molecule has 0 unspecified atom stereocenters. The number of rotatable bonds is 7. The Hall–Kier alpha value is -1.17. The van der Waals surface area contributed by atoms with Gasteiger partial charge in [0.2, 0.25) is 0 Å². The Kier molecular flexibility index (Phi) is 7.50. The van der Waals surface area contributed by atoms with Gasteiger partial charge in [-0.3, -0.25) is 4.79 Å². The molecular weight excluding hydrogens is 252 g/mol. The van der Waals surface area contributed by atoms with Gasteiger partial charge in [-0.15, -0.1) is 6.58 Å². The smallest absolute Gasteiger partial charge is 0.323 e. The predicted molar refractivity (Wildman–Crippen MR) is 75.0 cm³/mol.